The van der Waals surface area contributed by atoms with Crippen molar-refractivity contribution in [2.75, 3.05) is 35.7 Å². The monoisotopic (exact) mass is 415 g/mol. The van der Waals surface area contributed by atoms with E-state index in [0.29, 0.717) is 23.6 Å². The summed E-state index contributed by atoms with van der Waals surface area (Å²) in [5.41, 5.74) is 2.83. The van der Waals surface area contributed by atoms with Gasteiger partial charge < -0.3 is 20.3 Å². The first-order chi connectivity index (χ1) is 15.1. The van der Waals surface area contributed by atoms with Crippen molar-refractivity contribution in [3.63, 3.8) is 0 Å². The summed E-state index contributed by atoms with van der Waals surface area (Å²) in [6, 6.07) is 23.6. The molecule has 0 aliphatic carbocycles. The standard InChI is InChI=1S/C25H25N3O3/c1-3-17-31-23-15-13-21(14-16-23)27-24(29)18-26-20-11-9-19(10-12-20)25(30)28(2)22-7-5-4-6-8-22/h3-16,26H,1,17-18H2,2H3,(H,27,29). The molecule has 0 aromatic heterocycles. The van der Waals surface area contributed by atoms with E-state index in [1.807, 2.05) is 30.3 Å². The van der Waals surface area contributed by atoms with Crippen LogP contribution in [0.4, 0.5) is 17.1 Å². The van der Waals surface area contributed by atoms with Crippen molar-refractivity contribution in [3.05, 3.63) is 97.1 Å². The smallest absolute Gasteiger partial charge is 0.258 e. The number of nitrogens with one attached hydrogen (secondary N) is 2. The summed E-state index contributed by atoms with van der Waals surface area (Å²) in [6.45, 7) is 4.14. The maximum Gasteiger partial charge on any atom is 0.258 e. The van der Waals surface area contributed by atoms with E-state index in [2.05, 4.69) is 17.2 Å². The van der Waals surface area contributed by atoms with Crippen molar-refractivity contribution in [2.45, 2.75) is 0 Å². The molecule has 0 aliphatic heterocycles. The van der Waals surface area contributed by atoms with Crippen molar-refractivity contribution in [1.29, 1.82) is 0 Å². The quantitative estimate of drug-likeness (QED) is 0.502. The van der Waals surface area contributed by atoms with Crippen LogP contribution in [0.3, 0.4) is 0 Å². The van der Waals surface area contributed by atoms with Crippen LogP contribution in [-0.4, -0.2) is 32.0 Å². The molecule has 0 fully saturated rings. The Kier molecular flexibility index (Phi) is 7.43. The van der Waals surface area contributed by atoms with E-state index < -0.39 is 0 Å². The second kappa shape index (κ2) is 10.6. The highest BCUT2D eigenvalue weighted by Crippen LogP contribution is 2.17. The van der Waals surface area contributed by atoms with Crippen molar-refractivity contribution < 1.29 is 14.3 Å². The Bertz CT molecular complexity index is 1020. The first-order valence-corrected chi connectivity index (χ1v) is 9.87. The largest absolute Gasteiger partial charge is 0.490 e. The first kappa shape index (κ1) is 21.6. The van der Waals surface area contributed by atoms with Gasteiger partial charge in [-0.3, -0.25) is 9.59 Å². The maximum atomic E-state index is 12.6. The Morgan fingerprint density at radius 3 is 2.23 bits per heavy atom. The van der Waals surface area contributed by atoms with Crippen LogP contribution < -0.4 is 20.3 Å². The molecule has 2 amide bonds. The SMILES string of the molecule is C=CCOc1ccc(NC(=O)CNc2ccc(C(=O)N(C)c3ccccc3)cc2)cc1. The fourth-order valence-electron chi connectivity index (χ4n) is 2.87. The number of hydrogen-bond donors (Lipinski definition) is 2. The van der Waals surface area contributed by atoms with E-state index in [1.165, 1.54) is 0 Å². The van der Waals surface area contributed by atoms with E-state index in [4.69, 9.17) is 4.74 Å². The van der Waals surface area contributed by atoms with Crippen molar-refractivity contribution in [3.8, 4) is 5.75 Å². The molecule has 2 N–H and O–H groups in total. The summed E-state index contributed by atoms with van der Waals surface area (Å²) in [4.78, 5) is 26.4. The minimum atomic E-state index is -0.177. The number of rotatable bonds is 9. The van der Waals surface area contributed by atoms with Crippen molar-refractivity contribution in [2.24, 2.45) is 0 Å². The van der Waals surface area contributed by atoms with Gasteiger partial charge in [0.2, 0.25) is 5.91 Å². The molecule has 0 atom stereocenters. The molecule has 31 heavy (non-hydrogen) atoms. The van der Waals surface area contributed by atoms with Gasteiger partial charge in [-0.15, -0.1) is 0 Å². The average Bonchev–Trinajstić information content (AvgIpc) is 2.82. The topological polar surface area (TPSA) is 70.7 Å². The number of para-hydroxylation sites is 1. The molecule has 3 aromatic rings. The molecule has 0 heterocycles. The third kappa shape index (κ3) is 6.21. The number of hydrogen-bond acceptors (Lipinski definition) is 4. The van der Waals surface area contributed by atoms with Crippen LogP contribution in [0.1, 0.15) is 10.4 Å². The number of benzene rings is 3. The molecule has 0 saturated heterocycles. The maximum absolute atomic E-state index is 12.6. The number of anilines is 3. The lowest BCUT2D eigenvalue weighted by Gasteiger charge is -2.17. The van der Waals surface area contributed by atoms with Crippen LogP contribution in [0.25, 0.3) is 0 Å². The molecule has 0 spiro atoms. The zero-order valence-electron chi connectivity index (χ0n) is 17.4. The van der Waals surface area contributed by atoms with Crippen LogP contribution in [0.15, 0.2) is 91.5 Å². The second-order valence-corrected chi connectivity index (χ2v) is 6.80. The zero-order valence-corrected chi connectivity index (χ0v) is 17.4. The van der Waals surface area contributed by atoms with Gasteiger partial charge in [0, 0.05) is 29.7 Å². The van der Waals surface area contributed by atoms with Gasteiger partial charge in [0.25, 0.3) is 5.91 Å². The van der Waals surface area contributed by atoms with E-state index in [9.17, 15) is 9.59 Å². The molecule has 6 nitrogen and oxygen atoms in total. The second-order valence-electron chi connectivity index (χ2n) is 6.80. The summed E-state index contributed by atoms with van der Waals surface area (Å²) in [5.74, 6) is 0.434. The first-order valence-electron chi connectivity index (χ1n) is 9.87. The Hall–Kier alpha value is -4.06. The van der Waals surface area contributed by atoms with E-state index >= 15 is 0 Å². The molecule has 0 unspecified atom stereocenters. The fraction of sp³-hybridized carbons (Fsp3) is 0.120. The molecule has 158 valence electrons. The number of carbonyl (C=O) groups is 2. The molecule has 0 bridgehead atoms. The summed E-state index contributed by atoms with van der Waals surface area (Å²) >= 11 is 0. The van der Waals surface area contributed by atoms with Crippen LogP contribution >= 0.6 is 0 Å². The van der Waals surface area contributed by atoms with E-state index in [0.717, 1.165) is 11.4 Å². The fourth-order valence-corrected chi connectivity index (χ4v) is 2.87. The number of carbonyl (C=O) groups excluding carboxylic acids is 2. The van der Waals surface area contributed by atoms with Crippen molar-refractivity contribution >= 4 is 28.9 Å². The highest BCUT2D eigenvalue weighted by Gasteiger charge is 2.13. The van der Waals surface area contributed by atoms with E-state index in [-0.39, 0.29) is 18.4 Å². The molecular weight excluding hydrogens is 390 g/mol. The van der Waals surface area contributed by atoms with E-state index in [1.54, 1.807) is 66.6 Å². The van der Waals surface area contributed by atoms with Gasteiger partial charge in [-0.1, -0.05) is 30.9 Å². The van der Waals surface area contributed by atoms with Gasteiger partial charge in [-0.2, -0.15) is 0 Å². The average molecular weight is 415 g/mol. The highest BCUT2D eigenvalue weighted by atomic mass is 16.5. The summed E-state index contributed by atoms with van der Waals surface area (Å²) < 4.78 is 5.42. The molecule has 0 saturated carbocycles. The lowest BCUT2D eigenvalue weighted by molar-refractivity contribution is -0.114. The van der Waals surface area contributed by atoms with Crippen LogP contribution in [-0.2, 0) is 4.79 Å². The molecule has 0 aliphatic rings. The van der Waals surface area contributed by atoms with Crippen molar-refractivity contribution in [1.82, 2.24) is 0 Å². The third-order valence-electron chi connectivity index (χ3n) is 4.54. The van der Waals surface area contributed by atoms with Crippen LogP contribution in [0, 0.1) is 0 Å². The molecule has 0 radical (unpaired) electrons. The predicted octanol–water partition coefficient (Wildman–Crippen LogP) is 4.58. The lowest BCUT2D eigenvalue weighted by atomic mass is 10.1. The molecule has 3 rings (SSSR count). The third-order valence-corrected chi connectivity index (χ3v) is 4.54. The summed E-state index contributed by atoms with van der Waals surface area (Å²) in [7, 11) is 1.74. The number of ether oxygens (including phenoxy) is 1. The molecular formula is C25H25N3O3. The Morgan fingerprint density at radius 1 is 0.935 bits per heavy atom. The van der Waals surface area contributed by atoms with Gasteiger partial charge >= 0.3 is 0 Å². The summed E-state index contributed by atoms with van der Waals surface area (Å²) in [5, 5.41) is 5.88. The number of nitrogens with zero attached hydrogens (tertiary/aromatic N) is 1. The summed E-state index contributed by atoms with van der Waals surface area (Å²) in [6.07, 6.45) is 1.67. The zero-order chi connectivity index (χ0) is 22.1. The Balaban J connectivity index is 1.50. The normalized spacial score (nSPS) is 10.1. The van der Waals surface area contributed by atoms with Gasteiger partial charge in [0.05, 0.1) is 6.54 Å². The van der Waals surface area contributed by atoms with Gasteiger partial charge in [-0.25, -0.2) is 0 Å². The van der Waals surface area contributed by atoms with Crippen LogP contribution in [0.2, 0.25) is 0 Å². The highest BCUT2D eigenvalue weighted by molar-refractivity contribution is 6.05. The Morgan fingerprint density at radius 2 is 1.58 bits per heavy atom. The molecule has 3 aromatic carbocycles. The van der Waals surface area contributed by atoms with Gasteiger partial charge in [0.15, 0.2) is 0 Å². The molecule has 6 heteroatoms. The van der Waals surface area contributed by atoms with Gasteiger partial charge in [0.1, 0.15) is 12.4 Å². The van der Waals surface area contributed by atoms with Gasteiger partial charge in [-0.05, 0) is 60.7 Å². The minimum absolute atomic E-state index is 0.101. The van der Waals surface area contributed by atoms with Crippen LogP contribution in [0.5, 0.6) is 5.75 Å². The lowest BCUT2D eigenvalue weighted by Crippen LogP contribution is -2.26. The number of amides is 2. The predicted molar refractivity (Wildman–Crippen MR) is 125 cm³/mol. The minimum Gasteiger partial charge on any atom is -0.490 e. The Labute approximate surface area is 182 Å².